The number of halogens is 1. The fraction of sp³-hybridized carbons (Fsp3) is 0.600. The van der Waals surface area contributed by atoms with Gasteiger partial charge in [0.1, 0.15) is 5.82 Å². The molecule has 2 aliphatic rings. The third-order valence-electron chi connectivity index (χ3n) is 5.69. The number of amides is 1. The van der Waals surface area contributed by atoms with E-state index in [1.807, 2.05) is 4.90 Å². The summed E-state index contributed by atoms with van der Waals surface area (Å²) in [5, 5.41) is 12.0. The molecule has 3 heterocycles. The van der Waals surface area contributed by atoms with Crippen LogP contribution in [-0.2, 0) is 22.6 Å². The van der Waals surface area contributed by atoms with Gasteiger partial charge in [-0.3, -0.25) is 9.69 Å². The minimum atomic E-state index is -0.256. The zero-order chi connectivity index (χ0) is 20.1. The highest BCUT2D eigenvalue weighted by molar-refractivity contribution is 5.76. The first-order valence-electron chi connectivity index (χ1n) is 10.3. The molecule has 29 heavy (non-hydrogen) atoms. The molecular formula is C20H27FN6O2. The number of carbonyl (C=O) groups is 1. The Hall–Kier alpha value is -2.39. The summed E-state index contributed by atoms with van der Waals surface area (Å²) in [5.74, 6) is 0.606. The topological polar surface area (TPSA) is 76.4 Å². The van der Waals surface area contributed by atoms with E-state index in [2.05, 4.69) is 20.4 Å². The zero-order valence-corrected chi connectivity index (χ0v) is 16.5. The summed E-state index contributed by atoms with van der Waals surface area (Å²) in [6.07, 6.45) is 3.32. The number of benzene rings is 1. The van der Waals surface area contributed by atoms with Crippen molar-refractivity contribution in [3.63, 3.8) is 0 Å². The highest BCUT2D eigenvalue weighted by Crippen LogP contribution is 2.31. The molecule has 9 heteroatoms. The molecule has 2 aromatic rings. The number of likely N-dealkylation sites (tertiary alicyclic amines) is 1. The summed E-state index contributed by atoms with van der Waals surface area (Å²) in [6.45, 7) is 5.01. The second-order valence-corrected chi connectivity index (χ2v) is 7.61. The van der Waals surface area contributed by atoms with Crippen LogP contribution in [0.2, 0.25) is 0 Å². The molecule has 1 aromatic heterocycles. The van der Waals surface area contributed by atoms with Crippen molar-refractivity contribution in [1.82, 2.24) is 30.0 Å². The molecular weight excluding hydrogens is 375 g/mol. The van der Waals surface area contributed by atoms with Gasteiger partial charge in [-0.15, -0.1) is 5.10 Å². The number of tetrazole rings is 1. The molecule has 0 unspecified atom stereocenters. The maximum atomic E-state index is 13.3. The highest BCUT2D eigenvalue weighted by atomic mass is 19.1. The van der Waals surface area contributed by atoms with E-state index in [0.717, 1.165) is 63.5 Å². The van der Waals surface area contributed by atoms with Crippen LogP contribution in [0.25, 0.3) is 0 Å². The standard InChI is InChI=1S/C20H27FN6O2/c21-17-6-4-16(5-7-17)18-3-1-2-9-26(18)20(28)8-10-27-19(22-23-24-27)15-25-11-13-29-14-12-25/h4-7,18H,1-3,8-15H2/t18-/m1/s1. The lowest BCUT2D eigenvalue weighted by atomic mass is 9.95. The van der Waals surface area contributed by atoms with Crippen molar-refractivity contribution in [2.24, 2.45) is 0 Å². The molecule has 2 aliphatic heterocycles. The molecule has 8 nitrogen and oxygen atoms in total. The van der Waals surface area contributed by atoms with Crippen LogP contribution in [0.15, 0.2) is 24.3 Å². The Labute approximate surface area is 169 Å². The molecule has 2 fully saturated rings. The van der Waals surface area contributed by atoms with E-state index in [1.165, 1.54) is 12.1 Å². The van der Waals surface area contributed by atoms with Gasteiger partial charge in [0.05, 0.1) is 32.3 Å². The van der Waals surface area contributed by atoms with Crippen LogP contribution < -0.4 is 0 Å². The number of ether oxygens (including phenoxy) is 1. The smallest absolute Gasteiger partial charge is 0.224 e. The van der Waals surface area contributed by atoms with Gasteiger partial charge < -0.3 is 9.64 Å². The number of aryl methyl sites for hydroxylation is 1. The Balaban J connectivity index is 1.37. The first kappa shape index (κ1) is 19.9. The molecule has 0 saturated carbocycles. The number of carbonyl (C=O) groups excluding carboxylic acids is 1. The largest absolute Gasteiger partial charge is 0.379 e. The van der Waals surface area contributed by atoms with E-state index in [1.54, 1.807) is 16.8 Å². The monoisotopic (exact) mass is 402 g/mol. The van der Waals surface area contributed by atoms with Crippen molar-refractivity contribution < 1.29 is 13.9 Å². The zero-order valence-electron chi connectivity index (χ0n) is 16.5. The predicted octanol–water partition coefficient (Wildman–Crippen LogP) is 1.79. The van der Waals surface area contributed by atoms with E-state index < -0.39 is 0 Å². The van der Waals surface area contributed by atoms with Crippen molar-refractivity contribution in [1.29, 1.82) is 0 Å². The quantitative estimate of drug-likeness (QED) is 0.733. The average molecular weight is 402 g/mol. The number of aromatic nitrogens is 4. The molecule has 4 rings (SSSR count). The SMILES string of the molecule is O=C(CCn1nnnc1CN1CCOCC1)N1CCCC[C@@H]1c1ccc(F)cc1. The Morgan fingerprint density at radius 1 is 1.14 bits per heavy atom. The first-order chi connectivity index (χ1) is 14.2. The molecule has 1 amide bonds. The Morgan fingerprint density at radius 2 is 1.93 bits per heavy atom. The number of piperidine rings is 1. The van der Waals surface area contributed by atoms with Gasteiger partial charge >= 0.3 is 0 Å². The third-order valence-corrected chi connectivity index (χ3v) is 5.69. The van der Waals surface area contributed by atoms with E-state index in [-0.39, 0.29) is 17.8 Å². The molecule has 0 N–H and O–H groups in total. The van der Waals surface area contributed by atoms with E-state index >= 15 is 0 Å². The number of hydrogen-bond acceptors (Lipinski definition) is 6. The van der Waals surface area contributed by atoms with Gasteiger partial charge in [0.15, 0.2) is 5.82 Å². The normalized spacial score (nSPS) is 20.7. The van der Waals surface area contributed by atoms with Crippen LogP contribution >= 0.6 is 0 Å². The molecule has 0 spiro atoms. The van der Waals surface area contributed by atoms with Crippen molar-refractivity contribution in [3.05, 3.63) is 41.5 Å². The molecule has 0 radical (unpaired) electrons. The first-order valence-corrected chi connectivity index (χ1v) is 10.3. The Kier molecular flexibility index (Phi) is 6.46. The van der Waals surface area contributed by atoms with Gasteiger partial charge in [-0.25, -0.2) is 9.07 Å². The predicted molar refractivity (Wildman–Crippen MR) is 103 cm³/mol. The van der Waals surface area contributed by atoms with Gasteiger partial charge in [-0.2, -0.15) is 0 Å². The summed E-state index contributed by atoms with van der Waals surface area (Å²) in [6, 6.07) is 6.51. The number of nitrogens with zero attached hydrogens (tertiary/aromatic N) is 6. The summed E-state index contributed by atoms with van der Waals surface area (Å²) in [5.41, 5.74) is 0.995. The molecule has 0 aliphatic carbocycles. The van der Waals surface area contributed by atoms with Crippen LogP contribution in [-0.4, -0.2) is 68.8 Å². The number of morpholine rings is 1. The lowest BCUT2D eigenvalue weighted by Crippen LogP contribution is -2.39. The molecule has 1 aromatic carbocycles. The van der Waals surface area contributed by atoms with Crippen molar-refractivity contribution in [3.8, 4) is 0 Å². The van der Waals surface area contributed by atoms with Crippen LogP contribution in [0.1, 0.15) is 43.1 Å². The van der Waals surface area contributed by atoms with Gasteiger partial charge in [0.25, 0.3) is 0 Å². The summed E-state index contributed by atoms with van der Waals surface area (Å²) < 4.78 is 20.4. The van der Waals surface area contributed by atoms with Crippen molar-refractivity contribution in [2.75, 3.05) is 32.8 Å². The van der Waals surface area contributed by atoms with E-state index in [0.29, 0.717) is 19.5 Å². The van der Waals surface area contributed by atoms with Gasteiger partial charge in [0.2, 0.25) is 5.91 Å². The summed E-state index contributed by atoms with van der Waals surface area (Å²) >= 11 is 0. The summed E-state index contributed by atoms with van der Waals surface area (Å²) in [7, 11) is 0. The maximum absolute atomic E-state index is 13.3. The fourth-order valence-electron chi connectivity index (χ4n) is 4.08. The molecule has 0 bridgehead atoms. The Bertz CT molecular complexity index is 806. The summed E-state index contributed by atoms with van der Waals surface area (Å²) in [4.78, 5) is 17.2. The fourth-order valence-corrected chi connectivity index (χ4v) is 4.08. The molecule has 156 valence electrons. The maximum Gasteiger partial charge on any atom is 0.224 e. The minimum Gasteiger partial charge on any atom is -0.379 e. The Morgan fingerprint density at radius 3 is 2.72 bits per heavy atom. The van der Waals surface area contributed by atoms with Crippen molar-refractivity contribution >= 4 is 5.91 Å². The minimum absolute atomic E-state index is 0.0125. The van der Waals surface area contributed by atoms with Crippen LogP contribution in [0.4, 0.5) is 4.39 Å². The average Bonchev–Trinajstić information content (AvgIpc) is 3.20. The highest BCUT2D eigenvalue weighted by Gasteiger charge is 2.28. The van der Waals surface area contributed by atoms with E-state index in [4.69, 9.17) is 4.74 Å². The second-order valence-electron chi connectivity index (χ2n) is 7.61. The lowest BCUT2D eigenvalue weighted by molar-refractivity contribution is -0.135. The van der Waals surface area contributed by atoms with Gasteiger partial charge in [-0.05, 0) is 47.4 Å². The number of rotatable bonds is 6. The van der Waals surface area contributed by atoms with Gasteiger partial charge in [0, 0.05) is 26.1 Å². The third kappa shape index (κ3) is 4.97. The van der Waals surface area contributed by atoms with Crippen molar-refractivity contribution in [2.45, 2.75) is 44.8 Å². The second kappa shape index (κ2) is 9.41. The van der Waals surface area contributed by atoms with Gasteiger partial charge in [-0.1, -0.05) is 12.1 Å². The lowest BCUT2D eigenvalue weighted by Gasteiger charge is -2.36. The molecule has 1 atom stereocenters. The van der Waals surface area contributed by atoms with E-state index in [9.17, 15) is 9.18 Å². The van der Waals surface area contributed by atoms with Crippen LogP contribution in [0.5, 0.6) is 0 Å². The van der Waals surface area contributed by atoms with Crippen LogP contribution in [0.3, 0.4) is 0 Å². The molecule has 2 saturated heterocycles. The number of hydrogen-bond donors (Lipinski definition) is 0. The van der Waals surface area contributed by atoms with Crippen LogP contribution in [0, 0.1) is 5.82 Å².